The van der Waals surface area contributed by atoms with Crippen LogP contribution in [0.5, 0.6) is 0 Å². The van der Waals surface area contributed by atoms with Crippen molar-refractivity contribution in [1.82, 2.24) is 9.55 Å². The molecule has 0 aliphatic heterocycles. The Bertz CT molecular complexity index is 1750. The minimum Gasteiger partial charge on any atom is -0.391 e. The SMILES string of the molecule is O=c1c2cc(-c3ccc(CO)s3)ccc2nc(Cc2ccccc2)n1-c1ccc(C(O)(C(F)(F)F)C(F)(F)F)cc1. The normalized spacial score (nSPS) is 12.7. The third-order valence-corrected chi connectivity index (χ3v) is 7.73. The van der Waals surface area contributed by atoms with Gasteiger partial charge in [0.05, 0.1) is 23.2 Å². The molecule has 5 aromatic rings. The summed E-state index contributed by atoms with van der Waals surface area (Å²) in [5, 5.41) is 19.3. The van der Waals surface area contributed by atoms with E-state index in [-0.39, 0.29) is 29.9 Å². The molecule has 0 unspecified atom stereocenters. The van der Waals surface area contributed by atoms with Crippen LogP contribution in [0.1, 0.15) is 21.8 Å². The fourth-order valence-electron chi connectivity index (χ4n) is 4.51. The lowest BCUT2D eigenvalue weighted by Crippen LogP contribution is -2.53. The zero-order chi connectivity index (χ0) is 29.6. The summed E-state index contributed by atoms with van der Waals surface area (Å²) in [7, 11) is 0. The Balaban J connectivity index is 1.69. The van der Waals surface area contributed by atoms with Crippen LogP contribution in [0.25, 0.3) is 27.0 Å². The molecule has 2 heterocycles. The topological polar surface area (TPSA) is 75.3 Å². The first-order valence-electron chi connectivity index (χ1n) is 12.1. The number of aliphatic hydroxyl groups excluding tert-OH is 1. The molecular formula is C29H20F6N2O3S. The lowest BCUT2D eigenvalue weighted by atomic mass is 9.92. The van der Waals surface area contributed by atoms with Gasteiger partial charge in [0.25, 0.3) is 11.2 Å². The number of benzene rings is 3. The van der Waals surface area contributed by atoms with E-state index in [1.54, 1.807) is 60.7 Å². The van der Waals surface area contributed by atoms with Crippen molar-refractivity contribution in [2.24, 2.45) is 0 Å². The smallest absolute Gasteiger partial charge is 0.391 e. The molecule has 212 valence electrons. The van der Waals surface area contributed by atoms with E-state index in [1.807, 2.05) is 0 Å². The maximum atomic E-state index is 13.9. The zero-order valence-corrected chi connectivity index (χ0v) is 21.7. The Kier molecular flexibility index (Phi) is 7.26. The number of halogens is 6. The second kappa shape index (κ2) is 10.4. The van der Waals surface area contributed by atoms with Gasteiger partial charge in [-0.3, -0.25) is 9.36 Å². The van der Waals surface area contributed by atoms with E-state index in [0.717, 1.165) is 27.1 Å². The predicted molar refractivity (Wildman–Crippen MR) is 142 cm³/mol. The number of thiophene rings is 1. The lowest BCUT2D eigenvalue weighted by molar-refractivity contribution is -0.376. The number of alkyl halides is 6. The van der Waals surface area contributed by atoms with Crippen molar-refractivity contribution >= 4 is 22.2 Å². The first kappa shape index (κ1) is 28.5. The first-order valence-corrected chi connectivity index (χ1v) is 12.9. The first-order chi connectivity index (χ1) is 19.3. The molecule has 0 radical (unpaired) electrons. The van der Waals surface area contributed by atoms with Crippen molar-refractivity contribution in [1.29, 1.82) is 0 Å². The second-order valence-corrected chi connectivity index (χ2v) is 10.4. The standard InChI is InChI=1S/C29H20F6N2O3S/c30-28(31,32)27(40,29(33,34)35)19-7-9-20(10-8-19)37-25(14-17-4-2-1-3-5-17)36-23-12-6-18(15-22(23)26(37)39)24-13-11-21(16-38)41-24/h1-13,15,38,40H,14,16H2. The van der Waals surface area contributed by atoms with Crippen molar-refractivity contribution in [3.63, 3.8) is 0 Å². The summed E-state index contributed by atoms with van der Waals surface area (Å²) < 4.78 is 81.6. The van der Waals surface area contributed by atoms with Crippen LogP contribution in [0.3, 0.4) is 0 Å². The molecule has 0 saturated carbocycles. The summed E-state index contributed by atoms with van der Waals surface area (Å²) in [6, 6.07) is 20.3. The van der Waals surface area contributed by atoms with E-state index in [1.165, 1.54) is 11.3 Å². The predicted octanol–water partition coefficient (Wildman–Crippen LogP) is 6.51. The summed E-state index contributed by atoms with van der Waals surface area (Å²) in [6.07, 6.45) is -11.9. The number of hydrogen-bond donors (Lipinski definition) is 2. The molecule has 0 atom stereocenters. The fourth-order valence-corrected chi connectivity index (χ4v) is 5.37. The minimum absolute atomic E-state index is 0.0325. The molecule has 0 aliphatic rings. The lowest BCUT2D eigenvalue weighted by Gasteiger charge is -2.32. The highest BCUT2D eigenvalue weighted by Gasteiger charge is 2.71. The van der Waals surface area contributed by atoms with Crippen LogP contribution in [0.15, 0.2) is 89.7 Å². The highest BCUT2D eigenvalue weighted by molar-refractivity contribution is 7.15. The number of hydrogen-bond acceptors (Lipinski definition) is 5. The molecule has 0 aliphatic carbocycles. The summed E-state index contributed by atoms with van der Waals surface area (Å²) >= 11 is 1.33. The molecule has 0 amide bonds. The van der Waals surface area contributed by atoms with Gasteiger partial charge in [-0.05, 0) is 47.5 Å². The third-order valence-electron chi connectivity index (χ3n) is 6.61. The van der Waals surface area contributed by atoms with Gasteiger partial charge < -0.3 is 10.2 Å². The van der Waals surface area contributed by atoms with E-state index < -0.39 is 29.1 Å². The Morgan fingerprint density at radius 2 is 1.49 bits per heavy atom. The van der Waals surface area contributed by atoms with Crippen LogP contribution >= 0.6 is 11.3 Å². The summed E-state index contributed by atoms with van der Waals surface area (Å²) in [5.41, 5.74) is -5.38. The number of aliphatic hydroxyl groups is 2. The van der Waals surface area contributed by atoms with E-state index >= 15 is 0 Å². The van der Waals surface area contributed by atoms with Gasteiger partial charge in [-0.1, -0.05) is 48.5 Å². The van der Waals surface area contributed by atoms with Gasteiger partial charge in [-0.15, -0.1) is 11.3 Å². The number of rotatable bonds is 6. The third kappa shape index (κ3) is 5.14. The largest absolute Gasteiger partial charge is 0.430 e. The molecule has 0 saturated heterocycles. The van der Waals surface area contributed by atoms with Crippen molar-refractivity contribution in [2.75, 3.05) is 0 Å². The molecule has 2 aromatic heterocycles. The molecule has 12 heteroatoms. The van der Waals surface area contributed by atoms with Gasteiger partial charge >= 0.3 is 12.4 Å². The van der Waals surface area contributed by atoms with Crippen LogP contribution in [-0.4, -0.2) is 32.1 Å². The van der Waals surface area contributed by atoms with E-state index in [0.29, 0.717) is 28.1 Å². The molecule has 3 aromatic carbocycles. The molecule has 0 bridgehead atoms. The van der Waals surface area contributed by atoms with Crippen LogP contribution in [-0.2, 0) is 18.6 Å². The van der Waals surface area contributed by atoms with Gasteiger partial charge in [-0.2, -0.15) is 26.3 Å². The maximum absolute atomic E-state index is 13.9. The Hall–Kier alpha value is -4.00. The van der Waals surface area contributed by atoms with E-state index in [4.69, 9.17) is 0 Å². The molecule has 5 rings (SSSR count). The Morgan fingerprint density at radius 3 is 2.07 bits per heavy atom. The van der Waals surface area contributed by atoms with Crippen molar-refractivity contribution in [3.8, 4) is 16.1 Å². The fraction of sp³-hybridized carbons (Fsp3) is 0.172. The quantitative estimate of drug-likeness (QED) is 0.221. The molecule has 5 nitrogen and oxygen atoms in total. The van der Waals surface area contributed by atoms with Gasteiger partial charge in [0.2, 0.25) is 0 Å². The minimum atomic E-state index is -6.04. The maximum Gasteiger partial charge on any atom is 0.430 e. The summed E-state index contributed by atoms with van der Waals surface area (Å²) in [4.78, 5) is 20.0. The Morgan fingerprint density at radius 1 is 0.829 bits per heavy atom. The van der Waals surface area contributed by atoms with Crippen LogP contribution in [0.2, 0.25) is 0 Å². The van der Waals surface area contributed by atoms with Gasteiger partial charge in [0.1, 0.15) is 5.82 Å². The van der Waals surface area contributed by atoms with Crippen molar-refractivity contribution in [3.05, 3.63) is 117 Å². The summed E-state index contributed by atoms with van der Waals surface area (Å²) in [6.45, 7) is -0.150. The highest BCUT2D eigenvalue weighted by Crippen LogP contribution is 2.50. The Labute approximate surface area is 232 Å². The van der Waals surface area contributed by atoms with Crippen LogP contribution < -0.4 is 5.56 Å². The molecular weight excluding hydrogens is 570 g/mol. The molecule has 41 heavy (non-hydrogen) atoms. The van der Waals surface area contributed by atoms with Gasteiger partial charge in [0, 0.05) is 21.7 Å². The molecule has 0 fully saturated rings. The average molecular weight is 591 g/mol. The van der Waals surface area contributed by atoms with Gasteiger partial charge in [-0.25, -0.2) is 4.98 Å². The van der Waals surface area contributed by atoms with Crippen molar-refractivity contribution in [2.45, 2.75) is 31.0 Å². The second-order valence-electron chi connectivity index (χ2n) is 9.24. The van der Waals surface area contributed by atoms with E-state index in [2.05, 4.69) is 4.98 Å². The number of fused-ring (bicyclic) bond motifs is 1. The van der Waals surface area contributed by atoms with E-state index in [9.17, 15) is 41.4 Å². The van der Waals surface area contributed by atoms with Crippen LogP contribution in [0, 0.1) is 0 Å². The zero-order valence-electron chi connectivity index (χ0n) is 20.9. The number of nitrogens with zero attached hydrogens (tertiary/aromatic N) is 2. The average Bonchev–Trinajstić information content (AvgIpc) is 3.42. The van der Waals surface area contributed by atoms with Crippen molar-refractivity contribution < 1.29 is 36.6 Å². The molecule has 2 N–H and O–H groups in total. The van der Waals surface area contributed by atoms with Crippen LogP contribution in [0.4, 0.5) is 26.3 Å². The summed E-state index contributed by atoms with van der Waals surface area (Å²) in [5.74, 6) is 0.204. The number of aromatic nitrogens is 2. The highest BCUT2D eigenvalue weighted by atomic mass is 32.1. The molecule has 0 spiro atoms. The van der Waals surface area contributed by atoms with Gasteiger partial charge in [0.15, 0.2) is 0 Å². The monoisotopic (exact) mass is 590 g/mol.